The van der Waals surface area contributed by atoms with Gasteiger partial charge >= 0.3 is 0 Å². The van der Waals surface area contributed by atoms with Crippen molar-refractivity contribution in [2.24, 2.45) is 0 Å². The monoisotopic (exact) mass is 1200 g/mol. The molecule has 0 aromatic carbocycles. The van der Waals surface area contributed by atoms with E-state index in [2.05, 4.69) is 55.6 Å². The highest BCUT2D eigenvalue weighted by Crippen LogP contribution is 2.24. The second-order valence-corrected chi connectivity index (χ2v) is 26.1. The van der Waals surface area contributed by atoms with Crippen molar-refractivity contribution >= 4 is 5.91 Å². The second-order valence-electron chi connectivity index (χ2n) is 26.1. The van der Waals surface area contributed by atoms with Crippen molar-refractivity contribution in [3.8, 4) is 0 Å². The minimum atomic E-state index is -1.58. The summed E-state index contributed by atoms with van der Waals surface area (Å²) in [4.78, 5) is 13.1. The number of carbonyl (C=O) groups is 1. The Morgan fingerprint density at radius 1 is 0.388 bits per heavy atom. The zero-order valence-electron chi connectivity index (χ0n) is 56.1. The first-order chi connectivity index (χ1) is 41.8. The van der Waals surface area contributed by atoms with Gasteiger partial charge in [0.1, 0.15) is 24.4 Å². The van der Waals surface area contributed by atoms with Gasteiger partial charge in [0.2, 0.25) is 5.91 Å². The Hall–Kier alpha value is -1.85. The molecule has 0 aliphatic carbocycles. The lowest BCUT2D eigenvalue weighted by molar-refractivity contribution is -0.302. The first-order valence-electron chi connectivity index (χ1n) is 37.4. The predicted octanol–water partition coefficient (Wildman–Crippen LogP) is 20.8. The van der Waals surface area contributed by atoms with Gasteiger partial charge in [0.15, 0.2) is 6.29 Å². The van der Waals surface area contributed by atoms with Crippen LogP contribution < -0.4 is 5.32 Å². The van der Waals surface area contributed by atoms with Gasteiger partial charge in [-0.1, -0.05) is 345 Å². The van der Waals surface area contributed by atoms with Crippen LogP contribution in [0.5, 0.6) is 0 Å². The summed E-state index contributed by atoms with van der Waals surface area (Å²) in [6, 6.07) is -0.829. The van der Waals surface area contributed by atoms with Crippen LogP contribution in [0.15, 0.2) is 48.6 Å². The molecule has 7 atom stereocenters. The van der Waals surface area contributed by atoms with Crippen molar-refractivity contribution < 1.29 is 39.8 Å². The van der Waals surface area contributed by atoms with E-state index in [1.165, 1.54) is 308 Å². The van der Waals surface area contributed by atoms with Crippen LogP contribution in [0.2, 0.25) is 0 Å². The molecule has 85 heavy (non-hydrogen) atoms. The van der Waals surface area contributed by atoms with Gasteiger partial charge in [0.05, 0.1) is 25.4 Å². The average molecular weight is 1200 g/mol. The van der Waals surface area contributed by atoms with Crippen LogP contribution in [0.25, 0.3) is 0 Å². The van der Waals surface area contributed by atoms with E-state index in [9.17, 15) is 30.3 Å². The zero-order chi connectivity index (χ0) is 61.4. The fraction of sp³-hybridized carbons (Fsp3) is 0.882. The van der Waals surface area contributed by atoms with E-state index in [1.54, 1.807) is 6.08 Å². The summed E-state index contributed by atoms with van der Waals surface area (Å²) in [5.41, 5.74) is 0. The Balaban J connectivity index is 2.09. The molecule has 1 aliphatic rings. The maximum Gasteiger partial charge on any atom is 0.220 e. The molecule has 0 saturated carbocycles. The molecule has 0 aromatic rings. The molecular weight excluding hydrogens is 1050 g/mol. The fourth-order valence-electron chi connectivity index (χ4n) is 12.0. The summed E-state index contributed by atoms with van der Waals surface area (Å²) in [6.07, 6.45) is 82.5. The Morgan fingerprint density at radius 3 is 0.988 bits per heavy atom. The summed E-state index contributed by atoms with van der Waals surface area (Å²) < 4.78 is 11.3. The molecule has 0 spiro atoms. The third-order valence-electron chi connectivity index (χ3n) is 17.9. The largest absolute Gasteiger partial charge is 0.394 e. The molecule has 1 heterocycles. The van der Waals surface area contributed by atoms with Crippen molar-refractivity contribution in [2.75, 3.05) is 13.2 Å². The zero-order valence-corrected chi connectivity index (χ0v) is 56.1. The Bertz CT molecular complexity index is 1480. The fourth-order valence-corrected chi connectivity index (χ4v) is 12.0. The van der Waals surface area contributed by atoms with Gasteiger partial charge in [-0.05, 0) is 70.6 Å². The molecular formula is C76H143NO8. The van der Waals surface area contributed by atoms with Gasteiger partial charge < -0.3 is 40.3 Å². The smallest absolute Gasteiger partial charge is 0.220 e. The summed E-state index contributed by atoms with van der Waals surface area (Å²) in [7, 11) is 0. The number of allylic oxidation sites excluding steroid dienone is 7. The van der Waals surface area contributed by atoms with Crippen molar-refractivity contribution in [2.45, 2.75) is 416 Å². The van der Waals surface area contributed by atoms with Crippen molar-refractivity contribution in [1.82, 2.24) is 5.32 Å². The number of ether oxygens (including phenoxy) is 2. The first kappa shape index (κ1) is 81.2. The maximum absolute atomic E-state index is 13.1. The highest BCUT2D eigenvalue weighted by Gasteiger charge is 2.44. The highest BCUT2D eigenvalue weighted by molar-refractivity contribution is 5.76. The topological polar surface area (TPSA) is 149 Å². The molecule has 500 valence electrons. The summed E-state index contributed by atoms with van der Waals surface area (Å²) in [5, 5.41) is 54.8. The number of unbranched alkanes of at least 4 members (excludes halogenated alkanes) is 50. The molecule has 1 saturated heterocycles. The van der Waals surface area contributed by atoms with Crippen LogP contribution in [-0.4, -0.2) is 87.5 Å². The van der Waals surface area contributed by atoms with Crippen LogP contribution in [-0.2, 0) is 14.3 Å². The standard InChI is InChI=1S/C76H143NO8/c1-3-5-7-9-11-13-15-17-19-21-23-25-27-29-30-31-32-33-34-35-36-37-38-39-40-42-44-46-48-50-52-54-56-58-60-62-64-66-72(80)77-69(68-84-76-75(83)74(82)73(81)71(67-78)85-76)70(79)65-63-61-59-57-55-53-51-49-47-45-43-41-28-26-24-22-20-18-16-14-12-10-8-6-4-2/h21,23,47,49,55,57,63,65,69-71,73-76,78-79,81-83H,3-20,22,24-46,48,50-54,56,58-62,64,66-68H2,1-2H3,(H,77,80)/b23-21-,49-47+,57-55+,65-63+. The lowest BCUT2D eigenvalue weighted by atomic mass is 9.99. The number of hydrogen-bond acceptors (Lipinski definition) is 8. The Morgan fingerprint density at radius 2 is 0.671 bits per heavy atom. The molecule has 9 heteroatoms. The van der Waals surface area contributed by atoms with Gasteiger partial charge in [-0.15, -0.1) is 0 Å². The number of aliphatic hydroxyl groups excluding tert-OH is 5. The summed E-state index contributed by atoms with van der Waals surface area (Å²) in [5.74, 6) is -0.184. The lowest BCUT2D eigenvalue weighted by Crippen LogP contribution is -2.60. The number of hydrogen-bond donors (Lipinski definition) is 6. The Labute approximate surface area is 526 Å². The van der Waals surface area contributed by atoms with E-state index in [4.69, 9.17) is 9.47 Å². The van der Waals surface area contributed by atoms with Crippen LogP contribution in [0.3, 0.4) is 0 Å². The second kappa shape index (κ2) is 65.1. The van der Waals surface area contributed by atoms with Gasteiger partial charge in [-0.3, -0.25) is 4.79 Å². The van der Waals surface area contributed by atoms with Crippen LogP contribution >= 0.6 is 0 Å². The number of nitrogens with one attached hydrogen (secondary N) is 1. The minimum absolute atomic E-state index is 0.184. The van der Waals surface area contributed by atoms with Gasteiger partial charge in [0.25, 0.3) is 0 Å². The molecule has 0 aromatic heterocycles. The van der Waals surface area contributed by atoms with Crippen molar-refractivity contribution in [1.29, 1.82) is 0 Å². The summed E-state index contributed by atoms with van der Waals surface area (Å²) in [6.45, 7) is 3.81. The number of amides is 1. The minimum Gasteiger partial charge on any atom is -0.394 e. The van der Waals surface area contributed by atoms with Crippen molar-refractivity contribution in [3.05, 3.63) is 48.6 Å². The molecule has 0 radical (unpaired) electrons. The highest BCUT2D eigenvalue weighted by atomic mass is 16.7. The van der Waals surface area contributed by atoms with Gasteiger partial charge in [-0.25, -0.2) is 0 Å². The Kier molecular flexibility index (Phi) is 62.2. The molecule has 6 N–H and O–H groups in total. The summed E-state index contributed by atoms with van der Waals surface area (Å²) >= 11 is 0. The van der Waals surface area contributed by atoms with E-state index in [1.807, 2.05) is 6.08 Å². The molecule has 1 fully saturated rings. The van der Waals surface area contributed by atoms with Crippen LogP contribution in [0.4, 0.5) is 0 Å². The van der Waals surface area contributed by atoms with Gasteiger partial charge in [-0.2, -0.15) is 0 Å². The SMILES string of the molecule is CCCCCCCCCC/C=C\CCCCCCCCCCCCCCCCCCCCCCCCCCCC(=O)NC(COC1OC(CO)C(O)C(O)C1O)C(O)/C=C/CC/C=C/CC/C=C/CCCCCCCCCCCCCCCCC. The molecule has 7 unspecified atom stereocenters. The quantitative estimate of drug-likeness (QED) is 0.0261. The lowest BCUT2D eigenvalue weighted by Gasteiger charge is -2.40. The molecule has 0 bridgehead atoms. The average Bonchev–Trinajstić information content (AvgIpc) is 3.57. The normalized spacial score (nSPS) is 18.3. The third-order valence-corrected chi connectivity index (χ3v) is 17.9. The number of aliphatic hydroxyl groups is 5. The van der Waals surface area contributed by atoms with E-state index < -0.39 is 49.5 Å². The van der Waals surface area contributed by atoms with E-state index in [0.717, 1.165) is 44.9 Å². The molecule has 1 aliphatic heterocycles. The first-order valence-corrected chi connectivity index (χ1v) is 37.4. The molecule has 1 rings (SSSR count). The molecule has 1 amide bonds. The van der Waals surface area contributed by atoms with E-state index >= 15 is 0 Å². The number of rotatable bonds is 66. The third kappa shape index (κ3) is 53.7. The van der Waals surface area contributed by atoms with Crippen molar-refractivity contribution in [3.63, 3.8) is 0 Å². The van der Waals surface area contributed by atoms with E-state index in [0.29, 0.717) is 6.42 Å². The maximum atomic E-state index is 13.1. The van der Waals surface area contributed by atoms with Crippen LogP contribution in [0.1, 0.15) is 373 Å². The predicted molar refractivity (Wildman–Crippen MR) is 364 cm³/mol. The van der Waals surface area contributed by atoms with E-state index in [-0.39, 0.29) is 12.5 Å². The molecule has 9 nitrogen and oxygen atoms in total. The number of carbonyl (C=O) groups excluding carboxylic acids is 1. The van der Waals surface area contributed by atoms with Gasteiger partial charge in [0, 0.05) is 6.42 Å². The van der Waals surface area contributed by atoms with Crippen LogP contribution in [0, 0.1) is 0 Å².